The molecule has 2 aromatic rings. The number of hydrogen-bond acceptors (Lipinski definition) is 0. The van der Waals surface area contributed by atoms with Crippen molar-refractivity contribution in [3.63, 3.8) is 0 Å². The van der Waals surface area contributed by atoms with E-state index in [2.05, 4.69) is 45.0 Å². The molecule has 0 radical (unpaired) electrons. The highest BCUT2D eigenvalue weighted by atomic mass is 35.5. The standard InChI is InChI=1S/C20H24Cl2.2C2H6/c1-4-10-15(5-2)20(3,16-11-6-8-13-18(16)21)17-12-7-9-14-19(17)22;2*1-2/h6-9,11-15H,4-5,10H2,1-3H3;2*1-2H3. The molecular weight excluding hydrogens is 359 g/mol. The molecule has 0 spiro atoms. The minimum Gasteiger partial charge on any atom is -0.0840 e. The Hall–Kier alpha value is -0.980. The summed E-state index contributed by atoms with van der Waals surface area (Å²) >= 11 is 13.1. The third-order valence-electron chi connectivity index (χ3n) is 4.81. The Morgan fingerprint density at radius 3 is 1.46 bits per heavy atom. The van der Waals surface area contributed by atoms with Crippen molar-refractivity contribution in [3.05, 3.63) is 69.7 Å². The first kappa shape index (κ1) is 25.0. The van der Waals surface area contributed by atoms with Crippen LogP contribution in [0.2, 0.25) is 10.0 Å². The molecule has 1 unspecified atom stereocenters. The second-order valence-electron chi connectivity index (χ2n) is 6.06. The molecule has 0 nitrogen and oxygen atoms in total. The van der Waals surface area contributed by atoms with Gasteiger partial charge in [0.05, 0.1) is 0 Å². The van der Waals surface area contributed by atoms with Gasteiger partial charge in [0.15, 0.2) is 0 Å². The average molecular weight is 395 g/mol. The van der Waals surface area contributed by atoms with Crippen molar-refractivity contribution >= 4 is 23.2 Å². The molecule has 0 aliphatic rings. The summed E-state index contributed by atoms with van der Waals surface area (Å²) in [5.41, 5.74) is 2.16. The maximum Gasteiger partial charge on any atom is 0.0447 e. The molecule has 0 bridgehead atoms. The lowest BCUT2D eigenvalue weighted by molar-refractivity contribution is 0.311. The molecule has 0 N–H and O–H groups in total. The molecular formula is C24H36Cl2. The molecule has 0 heterocycles. The average Bonchev–Trinajstić information content (AvgIpc) is 2.69. The zero-order valence-corrected chi connectivity index (χ0v) is 19.1. The molecule has 0 saturated carbocycles. The molecule has 26 heavy (non-hydrogen) atoms. The zero-order valence-electron chi connectivity index (χ0n) is 17.6. The molecule has 146 valence electrons. The van der Waals surface area contributed by atoms with Crippen LogP contribution in [-0.4, -0.2) is 0 Å². The van der Waals surface area contributed by atoms with E-state index in [1.54, 1.807) is 0 Å². The maximum atomic E-state index is 6.57. The van der Waals surface area contributed by atoms with Gasteiger partial charge in [0.25, 0.3) is 0 Å². The van der Waals surface area contributed by atoms with Crippen molar-refractivity contribution in [3.8, 4) is 0 Å². The van der Waals surface area contributed by atoms with E-state index in [0.717, 1.165) is 29.3 Å². The van der Waals surface area contributed by atoms with Crippen LogP contribution in [0.1, 0.15) is 78.9 Å². The lowest BCUT2D eigenvalue weighted by Gasteiger charge is -2.40. The monoisotopic (exact) mass is 394 g/mol. The van der Waals surface area contributed by atoms with Crippen LogP contribution in [0.25, 0.3) is 0 Å². The van der Waals surface area contributed by atoms with Gasteiger partial charge in [0.2, 0.25) is 0 Å². The summed E-state index contributed by atoms with van der Waals surface area (Å²) in [6.07, 6.45) is 3.41. The van der Waals surface area contributed by atoms with E-state index in [-0.39, 0.29) is 5.41 Å². The summed E-state index contributed by atoms with van der Waals surface area (Å²) in [5, 5.41) is 1.64. The Morgan fingerprint density at radius 1 is 0.769 bits per heavy atom. The lowest BCUT2D eigenvalue weighted by atomic mass is 9.65. The highest BCUT2D eigenvalue weighted by molar-refractivity contribution is 6.32. The van der Waals surface area contributed by atoms with E-state index in [9.17, 15) is 0 Å². The first-order valence-electron chi connectivity index (χ1n) is 10.1. The smallest absolute Gasteiger partial charge is 0.0447 e. The Kier molecular flexibility index (Phi) is 12.7. The van der Waals surface area contributed by atoms with Crippen LogP contribution in [0, 0.1) is 5.92 Å². The van der Waals surface area contributed by atoms with Gasteiger partial charge in [-0.2, -0.15) is 0 Å². The number of halogens is 2. The van der Waals surface area contributed by atoms with Crippen LogP contribution in [-0.2, 0) is 5.41 Å². The molecule has 2 aromatic carbocycles. The Bertz CT molecular complexity index is 574. The number of hydrogen-bond donors (Lipinski definition) is 0. The van der Waals surface area contributed by atoms with Crippen LogP contribution in [0.5, 0.6) is 0 Å². The molecule has 0 fully saturated rings. The molecule has 0 aliphatic heterocycles. The Labute approximate surface area is 171 Å². The topological polar surface area (TPSA) is 0 Å². The van der Waals surface area contributed by atoms with Crippen molar-refractivity contribution in [2.75, 3.05) is 0 Å². The summed E-state index contributed by atoms with van der Waals surface area (Å²) in [6.45, 7) is 14.8. The van der Waals surface area contributed by atoms with Crippen molar-refractivity contribution in [1.82, 2.24) is 0 Å². The van der Waals surface area contributed by atoms with Gasteiger partial charge in [-0.1, -0.05) is 121 Å². The largest absolute Gasteiger partial charge is 0.0840 e. The number of rotatable bonds is 6. The van der Waals surface area contributed by atoms with Gasteiger partial charge in [-0.25, -0.2) is 0 Å². The van der Waals surface area contributed by atoms with Gasteiger partial charge in [-0.15, -0.1) is 0 Å². The van der Waals surface area contributed by atoms with Crippen molar-refractivity contribution in [2.45, 2.75) is 73.1 Å². The first-order valence-corrected chi connectivity index (χ1v) is 10.8. The fourth-order valence-electron chi connectivity index (χ4n) is 3.60. The van der Waals surface area contributed by atoms with E-state index in [4.69, 9.17) is 23.2 Å². The molecule has 2 heteroatoms. The first-order chi connectivity index (χ1) is 12.6. The predicted octanol–water partition coefficient (Wildman–Crippen LogP) is 9.18. The fraction of sp³-hybridized carbons (Fsp3) is 0.500. The number of benzene rings is 2. The van der Waals surface area contributed by atoms with Gasteiger partial charge in [0.1, 0.15) is 0 Å². The summed E-state index contributed by atoms with van der Waals surface area (Å²) in [4.78, 5) is 0. The van der Waals surface area contributed by atoms with E-state index < -0.39 is 0 Å². The van der Waals surface area contributed by atoms with Gasteiger partial charge in [-0.3, -0.25) is 0 Å². The highest BCUT2D eigenvalue weighted by Crippen LogP contribution is 2.47. The molecule has 0 aromatic heterocycles. The van der Waals surface area contributed by atoms with Crippen molar-refractivity contribution < 1.29 is 0 Å². The third kappa shape index (κ3) is 5.76. The molecule has 0 amide bonds. The Balaban J connectivity index is 0.00000146. The van der Waals surface area contributed by atoms with Crippen LogP contribution in [0.3, 0.4) is 0 Å². The van der Waals surface area contributed by atoms with Gasteiger partial charge in [-0.05, 0) is 35.6 Å². The minimum absolute atomic E-state index is 0.179. The fourth-order valence-corrected chi connectivity index (χ4v) is 4.26. The van der Waals surface area contributed by atoms with E-state index in [0.29, 0.717) is 5.92 Å². The SMILES string of the molecule is CC.CC.CCCC(CC)C(C)(c1ccccc1Cl)c1ccccc1Cl. The zero-order chi connectivity index (χ0) is 20.2. The van der Waals surface area contributed by atoms with E-state index >= 15 is 0 Å². The summed E-state index contributed by atoms with van der Waals surface area (Å²) in [7, 11) is 0. The molecule has 2 rings (SSSR count). The third-order valence-corrected chi connectivity index (χ3v) is 5.47. The van der Waals surface area contributed by atoms with E-state index in [1.165, 1.54) is 11.1 Å². The molecule has 0 aliphatic carbocycles. The maximum absolute atomic E-state index is 6.57. The van der Waals surface area contributed by atoms with Gasteiger partial charge >= 0.3 is 0 Å². The Morgan fingerprint density at radius 2 is 1.15 bits per heavy atom. The van der Waals surface area contributed by atoms with Crippen LogP contribution in [0.15, 0.2) is 48.5 Å². The summed E-state index contributed by atoms with van der Waals surface area (Å²) < 4.78 is 0. The summed E-state index contributed by atoms with van der Waals surface area (Å²) in [5.74, 6) is 0.497. The van der Waals surface area contributed by atoms with Crippen molar-refractivity contribution in [2.24, 2.45) is 5.92 Å². The normalized spacial score (nSPS) is 11.6. The highest BCUT2D eigenvalue weighted by Gasteiger charge is 2.38. The minimum atomic E-state index is -0.179. The second-order valence-corrected chi connectivity index (χ2v) is 6.87. The van der Waals surface area contributed by atoms with Crippen LogP contribution in [0.4, 0.5) is 0 Å². The van der Waals surface area contributed by atoms with Gasteiger partial charge < -0.3 is 0 Å². The quantitative estimate of drug-likeness (QED) is 0.457. The predicted molar refractivity (Wildman–Crippen MR) is 121 cm³/mol. The van der Waals surface area contributed by atoms with Crippen LogP contribution >= 0.6 is 23.2 Å². The van der Waals surface area contributed by atoms with Gasteiger partial charge in [0, 0.05) is 15.5 Å². The van der Waals surface area contributed by atoms with Crippen LogP contribution < -0.4 is 0 Å². The second kappa shape index (κ2) is 13.2. The van der Waals surface area contributed by atoms with Crippen molar-refractivity contribution in [1.29, 1.82) is 0 Å². The molecule has 0 saturated heterocycles. The van der Waals surface area contributed by atoms with E-state index in [1.807, 2.05) is 52.0 Å². The summed E-state index contributed by atoms with van der Waals surface area (Å²) in [6, 6.07) is 16.3. The molecule has 1 atom stereocenters. The lowest BCUT2D eigenvalue weighted by Crippen LogP contribution is -2.34.